The van der Waals surface area contributed by atoms with Gasteiger partial charge in [0.25, 0.3) is 5.91 Å². The molecule has 3 nitrogen and oxygen atoms in total. The van der Waals surface area contributed by atoms with Crippen LogP contribution in [0.5, 0.6) is 0 Å². The molecule has 0 fully saturated rings. The van der Waals surface area contributed by atoms with Crippen LogP contribution in [-0.2, 0) is 0 Å². The van der Waals surface area contributed by atoms with Crippen LogP contribution in [0, 0.1) is 18.8 Å². The minimum Gasteiger partial charge on any atom is -0.384 e. The molecule has 2 N–H and O–H groups in total. The molecular formula is C12H13NO2. The number of hydrogen-bond donors (Lipinski definition) is 2. The van der Waals surface area contributed by atoms with Crippen LogP contribution in [0.4, 0.5) is 0 Å². The number of carbonyl (C=O) groups is 1. The van der Waals surface area contributed by atoms with E-state index in [1.54, 1.807) is 19.2 Å². The molecule has 1 aromatic rings. The molecule has 0 saturated carbocycles. The molecule has 15 heavy (non-hydrogen) atoms. The first-order chi connectivity index (χ1) is 7.20. The van der Waals surface area contributed by atoms with E-state index in [0.717, 1.165) is 11.1 Å². The Kier molecular flexibility index (Phi) is 3.90. The van der Waals surface area contributed by atoms with Crippen molar-refractivity contribution in [3.05, 3.63) is 34.9 Å². The van der Waals surface area contributed by atoms with Crippen molar-refractivity contribution in [2.75, 3.05) is 13.7 Å². The minimum atomic E-state index is -0.177. The normalized spacial score (nSPS) is 9.00. The van der Waals surface area contributed by atoms with Gasteiger partial charge < -0.3 is 10.4 Å². The maximum atomic E-state index is 11.5. The van der Waals surface area contributed by atoms with Gasteiger partial charge in [-0.3, -0.25) is 4.79 Å². The van der Waals surface area contributed by atoms with Gasteiger partial charge in [0, 0.05) is 18.2 Å². The zero-order valence-corrected chi connectivity index (χ0v) is 8.79. The minimum absolute atomic E-state index is 0.125. The number of rotatable bonds is 1. The molecule has 0 atom stereocenters. The van der Waals surface area contributed by atoms with Crippen LogP contribution in [0.1, 0.15) is 21.5 Å². The third kappa shape index (κ3) is 2.58. The van der Waals surface area contributed by atoms with Crippen molar-refractivity contribution in [2.24, 2.45) is 0 Å². The topological polar surface area (TPSA) is 49.3 Å². The van der Waals surface area contributed by atoms with Crippen molar-refractivity contribution in [3.63, 3.8) is 0 Å². The highest BCUT2D eigenvalue weighted by atomic mass is 16.2. The molecular weight excluding hydrogens is 190 g/mol. The van der Waals surface area contributed by atoms with E-state index < -0.39 is 0 Å². The SMILES string of the molecule is CNC(=O)c1cccc(C#CCO)c1C. The Hall–Kier alpha value is -1.79. The lowest BCUT2D eigenvalue weighted by Gasteiger charge is -2.05. The summed E-state index contributed by atoms with van der Waals surface area (Å²) < 4.78 is 0. The van der Waals surface area contributed by atoms with Crippen LogP contribution in [0.15, 0.2) is 18.2 Å². The lowest BCUT2D eigenvalue weighted by atomic mass is 10.0. The number of nitrogens with one attached hydrogen (secondary N) is 1. The molecule has 0 heterocycles. The van der Waals surface area contributed by atoms with Gasteiger partial charge in [0.05, 0.1) is 0 Å². The van der Waals surface area contributed by atoms with Gasteiger partial charge in [-0.05, 0) is 24.6 Å². The fourth-order valence-corrected chi connectivity index (χ4v) is 1.29. The van der Waals surface area contributed by atoms with E-state index in [2.05, 4.69) is 17.2 Å². The average Bonchev–Trinajstić information content (AvgIpc) is 2.27. The molecule has 0 aliphatic carbocycles. The molecule has 78 valence electrons. The third-order valence-electron chi connectivity index (χ3n) is 2.11. The lowest BCUT2D eigenvalue weighted by molar-refractivity contribution is 0.0962. The summed E-state index contributed by atoms with van der Waals surface area (Å²) in [5, 5.41) is 11.2. The maximum absolute atomic E-state index is 11.5. The molecule has 0 aliphatic heterocycles. The number of amides is 1. The van der Waals surface area contributed by atoms with Crippen molar-refractivity contribution >= 4 is 5.91 Å². The monoisotopic (exact) mass is 203 g/mol. The van der Waals surface area contributed by atoms with Crippen LogP contribution >= 0.6 is 0 Å². The van der Waals surface area contributed by atoms with E-state index >= 15 is 0 Å². The van der Waals surface area contributed by atoms with Gasteiger partial charge in [0.15, 0.2) is 0 Å². The Morgan fingerprint density at radius 2 is 2.27 bits per heavy atom. The first-order valence-corrected chi connectivity index (χ1v) is 4.62. The van der Waals surface area contributed by atoms with Gasteiger partial charge in [-0.1, -0.05) is 17.9 Å². The van der Waals surface area contributed by atoms with Crippen molar-refractivity contribution < 1.29 is 9.90 Å². The number of hydrogen-bond acceptors (Lipinski definition) is 2. The molecule has 3 heteroatoms. The highest BCUT2D eigenvalue weighted by Gasteiger charge is 2.08. The van der Waals surface area contributed by atoms with E-state index in [1.165, 1.54) is 0 Å². The molecule has 0 spiro atoms. The van der Waals surface area contributed by atoms with Gasteiger partial charge in [-0.25, -0.2) is 0 Å². The summed E-state index contributed by atoms with van der Waals surface area (Å²) in [7, 11) is 1.59. The Balaban J connectivity index is 3.17. The Bertz CT molecular complexity index is 427. The van der Waals surface area contributed by atoms with Crippen LogP contribution < -0.4 is 5.32 Å². The summed E-state index contributed by atoms with van der Waals surface area (Å²) in [4.78, 5) is 11.5. The standard InChI is InChI=1S/C12H13NO2/c1-9-10(6-4-8-14)5-3-7-11(9)12(15)13-2/h3,5,7,14H,8H2,1-2H3,(H,13,15). The van der Waals surface area contributed by atoms with E-state index in [9.17, 15) is 4.79 Å². The Labute approximate surface area is 89.1 Å². The number of carbonyl (C=O) groups excluding carboxylic acids is 1. The fourth-order valence-electron chi connectivity index (χ4n) is 1.29. The second kappa shape index (κ2) is 5.18. The van der Waals surface area contributed by atoms with Crippen LogP contribution in [0.3, 0.4) is 0 Å². The first-order valence-electron chi connectivity index (χ1n) is 4.62. The second-order valence-corrected chi connectivity index (χ2v) is 3.02. The molecule has 1 aromatic carbocycles. The maximum Gasteiger partial charge on any atom is 0.251 e. The third-order valence-corrected chi connectivity index (χ3v) is 2.11. The molecule has 1 amide bonds. The molecule has 0 bridgehead atoms. The molecule has 1 rings (SSSR count). The van der Waals surface area contributed by atoms with Gasteiger partial charge in [-0.15, -0.1) is 0 Å². The molecule has 0 radical (unpaired) electrons. The van der Waals surface area contributed by atoms with Gasteiger partial charge >= 0.3 is 0 Å². The van der Waals surface area contributed by atoms with Gasteiger partial charge in [-0.2, -0.15) is 0 Å². The average molecular weight is 203 g/mol. The van der Waals surface area contributed by atoms with E-state index in [0.29, 0.717) is 5.56 Å². The summed E-state index contributed by atoms with van der Waals surface area (Å²) in [5.74, 6) is 5.24. The zero-order valence-electron chi connectivity index (χ0n) is 8.79. The van der Waals surface area contributed by atoms with E-state index in [4.69, 9.17) is 5.11 Å². The fraction of sp³-hybridized carbons (Fsp3) is 0.250. The highest BCUT2D eigenvalue weighted by molar-refractivity contribution is 5.95. The summed E-state index contributed by atoms with van der Waals surface area (Å²) in [6.45, 7) is 1.66. The van der Waals surface area contributed by atoms with Crippen molar-refractivity contribution in [1.29, 1.82) is 0 Å². The Morgan fingerprint density at radius 1 is 1.53 bits per heavy atom. The smallest absolute Gasteiger partial charge is 0.251 e. The quantitative estimate of drug-likeness (QED) is 0.660. The van der Waals surface area contributed by atoms with Crippen molar-refractivity contribution in [3.8, 4) is 11.8 Å². The largest absolute Gasteiger partial charge is 0.384 e. The molecule has 0 aliphatic rings. The van der Waals surface area contributed by atoms with Gasteiger partial charge in [0.2, 0.25) is 0 Å². The molecule has 0 saturated heterocycles. The van der Waals surface area contributed by atoms with Crippen molar-refractivity contribution in [1.82, 2.24) is 5.32 Å². The van der Waals surface area contributed by atoms with Crippen LogP contribution in [0.25, 0.3) is 0 Å². The summed E-state index contributed by atoms with van der Waals surface area (Å²) in [5.41, 5.74) is 2.21. The predicted octanol–water partition coefficient (Wildman–Crippen LogP) is 0.698. The summed E-state index contributed by atoms with van der Waals surface area (Å²) in [6.07, 6.45) is 0. The van der Waals surface area contributed by atoms with Crippen molar-refractivity contribution in [2.45, 2.75) is 6.92 Å². The molecule has 0 unspecified atom stereocenters. The van der Waals surface area contributed by atoms with Crippen LogP contribution in [-0.4, -0.2) is 24.7 Å². The number of aliphatic hydroxyl groups is 1. The number of aliphatic hydroxyl groups excluding tert-OH is 1. The summed E-state index contributed by atoms with van der Waals surface area (Å²) >= 11 is 0. The van der Waals surface area contributed by atoms with E-state index in [1.807, 2.05) is 13.0 Å². The highest BCUT2D eigenvalue weighted by Crippen LogP contribution is 2.12. The summed E-state index contributed by atoms with van der Waals surface area (Å²) in [6, 6.07) is 5.35. The van der Waals surface area contributed by atoms with Crippen LogP contribution in [0.2, 0.25) is 0 Å². The van der Waals surface area contributed by atoms with E-state index in [-0.39, 0.29) is 12.5 Å². The first kappa shape index (κ1) is 11.3. The van der Waals surface area contributed by atoms with Gasteiger partial charge in [0.1, 0.15) is 6.61 Å². The second-order valence-electron chi connectivity index (χ2n) is 3.02. The predicted molar refractivity (Wildman–Crippen MR) is 58.5 cm³/mol. The Morgan fingerprint density at radius 3 is 2.87 bits per heavy atom. The zero-order chi connectivity index (χ0) is 11.3. The number of benzene rings is 1. The lowest BCUT2D eigenvalue weighted by Crippen LogP contribution is -2.19. The molecule has 0 aromatic heterocycles.